The van der Waals surface area contributed by atoms with Crippen molar-refractivity contribution < 1.29 is 4.39 Å². The third kappa shape index (κ3) is 2.38. The molecule has 0 saturated heterocycles. The van der Waals surface area contributed by atoms with Gasteiger partial charge < -0.3 is 5.73 Å². The second-order valence-corrected chi connectivity index (χ2v) is 5.46. The molecule has 0 aromatic heterocycles. The highest BCUT2D eigenvalue weighted by molar-refractivity contribution is 6.31. The summed E-state index contributed by atoms with van der Waals surface area (Å²) in [5.74, 6) is 0.420. The van der Waals surface area contributed by atoms with E-state index in [4.69, 9.17) is 17.3 Å². The van der Waals surface area contributed by atoms with Gasteiger partial charge in [-0.05, 0) is 35.4 Å². The predicted molar refractivity (Wildman–Crippen MR) is 75.6 cm³/mol. The standard InChI is InChI=1S/C16H15ClFN/c17-15-11(7-4-8-14(15)18)16(19)13-9-12(13)10-5-2-1-3-6-10/h1-8,12-13,16H,9,19H2. The van der Waals surface area contributed by atoms with E-state index >= 15 is 0 Å². The van der Waals surface area contributed by atoms with E-state index in [2.05, 4.69) is 12.1 Å². The van der Waals surface area contributed by atoms with Gasteiger partial charge >= 0.3 is 0 Å². The summed E-state index contributed by atoms with van der Waals surface area (Å²) in [5.41, 5.74) is 8.26. The second-order valence-electron chi connectivity index (χ2n) is 5.09. The summed E-state index contributed by atoms with van der Waals surface area (Å²) in [6.45, 7) is 0. The maximum Gasteiger partial charge on any atom is 0.142 e. The quantitative estimate of drug-likeness (QED) is 0.889. The van der Waals surface area contributed by atoms with E-state index in [9.17, 15) is 4.39 Å². The number of hydrogen-bond acceptors (Lipinski definition) is 1. The van der Waals surface area contributed by atoms with Crippen molar-refractivity contribution in [1.82, 2.24) is 0 Å². The lowest BCUT2D eigenvalue weighted by Crippen LogP contribution is -2.14. The summed E-state index contributed by atoms with van der Waals surface area (Å²) in [6, 6.07) is 14.9. The molecule has 19 heavy (non-hydrogen) atoms. The minimum Gasteiger partial charge on any atom is -0.324 e. The molecule has 0 radical (unpaired) electrons. The molecule has 2 aromatic rings. The average molecular weight is 276 g/mol. The van der Waals surface area contributed by atoms with Crippen LogP contribution >= 0.6 is 11.6 Å². The average Bonchev–Trinajstić information content (AvgIpc) is 3.22. The monoisotopic (exact) mass is 275 g/mol. The zero-order chi connectivity index (χ0) is 13.4. The lowest BCUT2D eigenvalue weighted by molar-refractivity contribution is 0.594. The Morgan fingerprint density at radius 3 is 2.58 bits per heavy atom. The fourth-order valence-corrected chi connectivity index (χ4v) is 2.96. The summed E-state index contributed by atoms with van der Waals surface area (Å²) >= 11 is 6.00. The molecule has 0 heterocycles. The lowest BCUT2D eigenvalue weighted by Gasteiger charge is -2.14. The first-order chi connectivity index (χ1) is 9.18. The minimum absolute atomic E-state index is 0.161. The predicted octanol–water partition coefficient (Wildman–Crippen LogP) is 4.28. The van der Waals surface area contributed by atoms with Crippen LogP contribution in [-0.4, -0.2) is 0 Å². The Hall–Kier alpha value is -1.38. The normalized spacial score (nSPS) is 23.1. The molecule has 3 rings (SSSR count). The highest BCUT2D eigenvalue weighted by Crippen LogP contribution is 2.53. The van der Waals surface area contributed by atoms with Gasteiger partial charge in [-0.1, -0.05) is 54.1 Å². The van der Waals surface area contributed by atoms with Crippen molar-refractivity contribution in [1.29, 1.82) is 0 Å². The molecule has 3 heteroatoms. The van der Waals surface area contributed by atoms with Gasteiger partial charge in [-0.25, -0.2) is 4.39 Å². The van der Waals surface area contributed by atoms with Gasteiger partial charge in [0.15, 0.2) is 0 Å². The Morgan fingerprint density at radius 1 is 1.11 bits per heavy atom. The van der Waals surface area contributed by atoms with Gasteiger partial charge in [-0.2, -0.15) is 0 Å². The third-order valence-corrected chi connectivity index (χ3v) is 4.27. The fraction of sp³-hybridized carbons (Fsp3) is 0.250. The van der Waals surface area contributed by atoms with Crippen molar-refractivity contribution in [2.24, 2.45) is 11.7 Å². The molecule has 0 spiro atoms. The van der Waals surface area contributed by atoms with Crippen LogP contribution in [0.1, 0.15) is 29.5 Å². The SMILES string of the molecule is NC(c1cccc(F)c1Cl)C1CC1c1ccccc1. The summed E-state index contributed by atoms with van der Waals surface area (Å²) in [6.07, 6.45) is 1.04. The maximum atomic E-state index is 13.5. The third-order valence-electron chi connectivity index (χ3n) is 3.87. The summed E-state index contributed by atoms with van der Waals surface area (Å²) in [7, 11) is 0. The van der Waals surface area contributed by atoms with Crippen molar-refractivity contribution >= 4 is 11.6 Å². The van der Waals surface area contributed by atoms with Crippen LogP contribution in [0.2, 0.25) is 5.02 Å². The molecule has 98 valence electrons. The van der Waals surface area contributed by atoms with E-state index in [1.54, 1.807) is 6.07 Å². The molecule has 2 N–H and O–H groups in total. The van der Waals surface area contributed by atoms with E-state index in [0.29, 0.717) is 17.4 Å². The van der Waals surface area contributed by atoms with E-state index in [-0.39, 0.29) is 11.1 Å². The summed E-state index contributed by atoms with van der Waals surface area (Å²) < 4.78 is 13.5. The number of rotatable bonds is 3. The van der Waals surface area contributed by atoms with Crippen molar-refractivity contribution in [3.05, 3.63) is 70.5 Å². The molecule has 3 unspecified atom stereocenters. The molecule has 1 saturated carbocycles. The van der Waals surface area contributed by atoms with Crippen LogP contribution in [0.15, 0.2) is 48.5 Å². The molecule has 2 aromatic carbocycles. The number of hydrogen-bond donors (Lipinski definition) is 1. The highest BCUT2D eigenvalue weighted by atomic mass is 35.5. The molecule has 0 amide bonds. The highest BCUT2D eigenvalue weighted by Gasteiger charge is 2.43. The Kier molecular flexibility index (Phi) is 3.29. The zero-order valence-electron chi connectivity index (χ0n) is 10.4. The number of halogens is 2. The first kappa shape index (κ1) is 12.6. The lowest BCUT2D eigenvalue weighted by atomic mass is 9.99. The molecule has 3 atom stereocenters. The van der Waals surface area contributed by atoms with Crippen molar-refractivity contribution in [2.45, 2.75) is 18.4 Å². The smallest absolute Gasteiger partial charge is 0.142 e. The molecule has 1 nitrogen and oxygen atoms in total. The summed E-state index contributed by atoms with van der Waals surface area (Å²) in [5, 5.41) is 0.161. The molecule has 1 aliphatic rings. The topological polar surface area (TPSA) is 26.0 Å². The Labute approximate surface area is 117 Å². The Balaban J connectivity index is 1.80. The van der Waals surface area contributed by atoms with Gasteiger partial charge in [0.1, 0.15) is 5.82 Å². The van der Waals surface area contributed by atoms with Crippen LogP contribution in [-0.2, 0) is 0 Å². The van der Waals surface area contributed by atoms with Crippen LogP contribution in [0.25, 0.3) is 0 Å². The van der Waals surface area contributed by atoms with Crippen LogP contribution < -0.4 is 5.73 Å². The molecular formula is C16H15ClFN. The molecular weight excluding hydrogens is 261 g/mol. The first-order valence-corrected chi connectivity index (χ1v) is 6.80. The van der Waals surface area contributed by atoms with Crippen molar-refractivity contribution in [3.63, 3.8) is 0 Å². The largest absolute Gasteiger partial charge is 0.324 e. The van der Waals surface area contributed by atoms with E-state index in [1.807, 2.05) is 24.3 Å². The van der Waals surface area contributed by atoms with Gasteiger partial charge in [0.2, 0.25) is 0 Å². The van der Waals surface area contributed by atoms with Crippen molar-refractivity contribution in [3.8, 4) is 0 Å². The molecule has 0 bridgehead atoms. The van der Waals surface area contributed by atoms with Crippen LogP contribution in [0.5, 0.6) is 0 Å². The number of nitrogens with two attached hydrogens (primary N) is 1. The van der Waals surface area contributed by atoms with Gasteiger partial charge in [0, 0.05) is 6.04 Å². The van der Waals surface area contributed by atoms with E-state index < -0.39 is 5.82 Å². The Morgan fingerprint density at radius 2 is 1.84 bits per heavy atom. The van der Waals surface area contributed by atoms with Gasteiger partial charge in [-0.3, -0.25) is 0 Å². The minimum atomic E-state index is -0.397. The molecule has 1 fully saturated rings. The summed E-state index contributed by atoms with van der Waals surface area (Å²) in [4.78, 5) is 0. The molecule has 0 aliphatic heterocycles. The van der Waals surface area contributed by atoms with Gasteiger partial charge in [-0.15, -0.1) is 0 Å². The fourth-order valence-electron chi connectivity index (χ4n) is 2.70. The van der Waals surface area contributed by atoms with Crippen LogP contribution in [0.3, 0.4) is 0 Å². The van der Waals surface area contributed by atoms with E-state index in [0.717, 1.165) is 6.42 Å². The van der Waals surface area contributed by atoms with Gasteiger partial charge in [0.05, 0.1) is 5.02 Å². The van der Waals surface area contributed by atoms with E-state index in [1.165, 1.54) is 11.6 Å². The van der Waals surface area contributed by atoms with Gasteiger partial charge in [0.25, 0.3) is 0 Å². The zero-order valence-corrected chi connectivity index (χ0v) is 11.1. The van der Waals surface area contributed by atoms with Crippen LogP contribution in [0.4, 0.5) is 4.39 Å². The molecule has 1 aliphatic carbocycles. The second kappa shape index (κ2) is 4.95. The number of benzene rings is 2. The van der Waals surface area contributed by atoms with Crippen molar-refractivity contribution in [2.75, 3.05) is 0 Å². The maximum absolute atomic E-state index is 13.5. The first-order valence-electron chi connectivity index (χ1n) is 6.43. The Bertz CT molecular complexity index is 585. The van der Waals surface area contributed by atoms with Crippen LogP contribution in [0, 0.1) is 11.7 Å².